The van der Waals surface area contributed by atoms with E-state index < -0.39 is 5.60 Å². The fourth-order valence-corrected chi connectivity index (χ4v) is 3.94. The van der Waals surface area contributed by atoms with Crippen molar-refractivity contribution < 1.29 is 9.84 Å². The van der Waals surface area contributed by atoms with Crippen molar-refractivity contribution in [3.05, 3.63) is 29.6 Å². The molecule has 1 atom stereocenters. The van der Waals surface area contributed by atoms with E-state index in [1.165, 1.54) is 0 Å². The van der Waals surface area contributed by atoms with Crippen LogP contribution in [0.2, 0.25) is 0 Å². The summed E-state index contributed by atoms with van der Waals surface area (Å²) in [6.07, 6.45) is 0.809. The van der Waals surface area contributed by atoms with Crippen molar-refractivity contribution >= 4 is 0 Å². The van der Waals surface area contributed by atoms with Crippen LogP contribution in [0.15, 0.2) is 18.2 Å². The molecule has 24 heavy (non-hydrogen) atoms. The molecule has 0 unspecified atom stereocenters. The lowest BCUT2D eigenvalue weighted by Gasteiger charge is -2.52. The molecule has 0 radical (unpaired) electrons. The normalized spacial score (nSPS) is 28.8. The Kier molecular flexibility index (Phi) is 5.25. The van der Waals surface area contributed by atoms with Crippen LogP contribution in [-0.2, 0) is 11.3 Å². The molecule has 5 heteroatoms. The fourth-order valence-electron chi connectivity index (χ4n) is 3.94. The number of morpholine rings is 1. The van der Waals surface area contributed by atoms with Gasteiger partial charge in [0.2, 0.25) is 0 Å². The van der Waals surface area contributed by atoms with Crippen LogP contribution in [0.4, 0.5) is 0 Å². The van der Waals surface area contributed by atoms with Gasteiger partial charge in [0, 0.05) is 50.4 Å². The molecule has 3 rings (SSSR count). The summed E-state index contributed by atoms with van der Waals surface area (Å²) in [4.78, 5) is 9.40. The minimum absolute atomic E-state index is 0.145. The van der Waals surface area contributed by atoms with Crippen LogP contribution in [0, 0.1) is 12.3 Å². The van der Waals surface area contributed by atoms with E-state index in [0.717, 1.165) is 70.3 Å². The van der Waals surface area contributed by atoms with Crippen LogP contribution in [0.1, 0.15) is 31.7 Å². The SMILES string of the molecule is Cc1cccc(CN2CC[C@](O)(CN3CCOCC3)C(C)(C)C2)n1. The van der Waals surface area contributed by atoms with Gasteiger partial charge in [0.05, 0.1) is 24.5 Å². The lowest BCUT2D eigenvalue weighted by molar-refractivity contribution is -0.141. The van der Waals surface area contributed by atoms with Gasteiger partial charge < -0.3 is 9.84 Å². The zero-order chi connectivity index (χ0) is 17.2. The summed E-state index contributed by atoms with van der Waals surface area (Å²) in [6.45, 7) is 13.3. The lowest BCUT2D eigenvalue weighted by Crippen LogP contribution is -2.62. The Morgan fingerprint density at radius 1 is 1.17 bits per heavy atom. The Bertz CT molecular complexity index is 557. The number of aliphatic hydroxyl groups is 1. The van der Waals surface area contributed by atoms with Gasteiger partial charge >= 0.3 is 0 Å². The number of piperidine rings is 1. The third-order valence-electron chi connectivity index (χ3n) is 5.64. The van der Waals surface area contributed by atoms with Crippen LogP contribution in [0.25, 0.3) is 0 Å². The molecule has 1 aromatic rings. The zero-order valence-corrected chi connectivity index (χ0v) is 15.3. The average molecular weight is 333 g/mol. The summed E-state index contributed by atoms with van der Waals surface area (Å²) in [6, 6.07) is 6.20. The number of likely N-dealkylation sites (tertiary alicyclic amines) is 1. The quantitative estimate of drug-likeness (QED) is 0.909. The smallest absolute Gasteiger partial charge is 0.0849 e. The Hall–Kier alpha value is -1.01. The van der Waals surface area contributed by atoms with E-state index in [1.807, 2.05) is 13.0 Å². The summed E-state index contributed by atoms with van der Waals surface area (Å²) < 4.78 is 5.43. The molecular formula is C19H31N3O2. The van der Waals surface area contributed by atoms with Crippen LogP contribution >= 0.6 is 0 Å². The highest BCUT2D eigenvalue weighted by atomic mass is 16.5. The van der Waals surface area contributed by atoms with Crippen molar-refractivity contribution in [2.75, 3.05) is 45.9 Å². The second-order valence-electron chi connectivity index (χ2n) is 8.03. The van der Waals surface area contributed by atoms with Crippen LogP contribution in [-0.4, -0.2) is 71.4 Å². The molecule has 2 aliphatic heterocycles. The van der Waals surface area contributed by atoms with E-state index in [4.69, 9.17) is 4.74 Å². The summed E-state index contributed by atoms with van der Waals surface area (Å²) in [7, 11) is 0. The molecule has 2 aliphatic rings. The van der Waals surface area contributed by atoms with Crippen molar-refractivity contribution in [2.45, 2.75) is 39.3 Å². The Morgan fingerprint density at radius 2 is 1.92 bits per heavy atom. The monoisotopic (exact) mass is 333 g/mol. The molecule has 2 fully saturated rings. The maximum Gasteiger partial charge on any atom is 0.0849 e. The van der Waals surface area contributed by atoms with Crippen molar-refractivity contribution in [2.24, 2.45) is 5.41 Å². The Balaban J connectivity index is 1.63. The van der Waals surface area contributed by atoms with Gasteiger partial charge in [0.25, 0.3) is 0 Å². The van der Waals surface area contributed by atoms with Crippen LogP contribution in [0.5, 0.6) is 0 Å². The van der Waals surface area contributed by atoms with Gasteiger partial charge in [-0.05, 0) is 25.5 Å². The predicted molar refractivity (Wildman–Crippen MR) is 94.9 cm³/mol. The van der Waals surface area contributed by atoms with E-state index in [9.17, 15) is 5.11 Å². The summed E-state index contributed by atoms with van der Waals surface area (Å²) in [5, 5.41) is 11.4. The molecule has 134 valence electrons. The largest absolute Gasteiger partial charge is 0.388 e. The molecule has 0 aliphatic carbocycles. The van der Waals surface area contributed by atoms with Gasteiger partial charge in [0.1, 0.15) is 0 Å². The standard InChI is InChI=1S/C19H31N3O2/c1-16-5-4-6-17(20-16)13-22-8-7-19(23,18(2,3)14-22)15-21-9-11-24-12-10-21/h4-6,23H,7-15H2,1-3H3/t19-/m0/s1. The van der Waals surface area contributed by atoms with Crippen LogP contribution in [0.3, 0.4) is 0 Å². The van der Waals surface area contributed by atoms with Gasteiger partial charge in [-0.15, -0.1) is 0 Å². The number of hydrogen-bond acceptors (Lipinski definition) is 5. The molecule has 1 N–H and O–H groups in total. The summed E-state index contributed by atoms with van der Waals surface area (Å²) in [5.74, 6) is 0. The molecule has 0 bridgehead atoms. The van der Waals surface area contributed by atoms with E-state index in [2.05, 4.69) is 40.8 Å². The highest BCUT2D eigenvalue weighted by Gasteiger charge is 2.48. The first-order chi connectivity index (χ1) is 11.4. The highest BCUT2D eigenvalue weighted by molar-refractivity contribution is 5.11. The molecule has 2 saturated heterocycles. The van der Waals surface area contributed by atoms with E-state index in [-0.39, 0.29) is 5.41 Å². The number of rotatable bonds is 4. The topological polar surface area (TPSA) is 48.8 Å². The maximum absolute atomic E-state index is 11.4. The van der Waals surface area contributed by atoms with Crippen LogP contribution < -0.4 is 0 Å². The molecule has 3 heterocycles. The average Bonchev–Trinajstić information content (AvgIpc) is 2.52. The zero-order valence-electron chi connectivity index (χ0n) is 15.3. The minimum atomic E-state index is -0.638. The van der Waals surface area contributed by atoms with Gasteiger partial charge in [-0.3, -0.25) is 14.8 Å². The number of pyridine rings is 1. The van der Waals surface area contributed by atoms with E-state index in [1.54, 1.807) is 0 Å². The lowest BCUT2D eigenvalue weighted by atomic mass is 9.69. The second kappa shape index (κ2) is 7.08. The molecule has 1 aromatic heterocycles. The molecule has 0 saturated carbocycles. The minimum Gasteiger partial charge on any atom is -0.388 e. The number of hydrogen-bond donors (Lipinski definition) is 1. The fraction of sp³-hybridized carbons (Fsp3) is 0.737. The highest BCUT2D eigenvalue weighted by Crippen LogP contribution is 2.39. The predicted octanol–water partition coefficient (Wildman–Crippen LogP) is 1.69. The third kappa shape index (κ3) is 3.97. The molecule has 0 amide bonds. The Labute approximate surface area is 145 Å². The first-order valence-corrected chi connectivity index (χ1v) is 9.05. The van der Waals surface area contributed by atoms with Gasteiger partial charge in [0.15, 0.2) is 0 Å². The summed E-state index contributed by atoms with van der Waals surface area (Å²) in [5.41, 5.74) is 1.39. The number of β-amino-alcohol motifs (C(OH)–C–C–N with tert-alkyl or cyclic N) is 1. The molecular weight excluding hydrogens is 302 g/mol. The number of nitrogens with zero attached hydrogens (tertiary/aromatic N) is 3. The van der Waals surface area contributed by atoms with Gasteiger partial charge in [-0.2, -0.15) is 0 Å². The van der Waals surface area contributed by atoms with Crippen molar-refractivity contribution in [3.63, 3.8) is 0 Å². The Morgan fingerprint density at radius 3 is 2.58 bits per heavy atom. The van der Waals surface area contributed by atoms with E-state index >= 15 is 0 Å². The second-order valence-corrected chi connectivity index (χ2v) is 8.03. The summed E-state index contributed by atoms with van der Waals surface area (Å²) >= 11 is 0. The van der Waals surface area contributed by atoms with Crippen molar-refractivity contribution in [1.29, 1.82) is 0 Å². The molecule has 5 nitrogen and oxygen atoms in total. The van der Waals surface area contributed by atoms with Gasteiger partial charge in [-0.1, -0.05) is 19.9 Å². The van der Waals surface area contributed by atoms with Crippen molar-refractivity contribution in [1.82, 2.24) is 14.8 Å². The van der Waals surface area contributed by atoms with Crippen molar-refractivity contribution in [3.8, 4) is 0 Å². The number of aryl methyl sites for hydroxylation is 1. The first kappa shape index (κ1) is 17.8. The molecule has 0 spiro atoms. The molecule has 0 aromatic carbocycles. The van der Waals surface area contributed by atoms with Gasteiger partial charge in [-0.25, -0.2) is 0 Å². The maximum atomic E-state index is 11.4. The third-order valence-corrected chi connectivity index (χ3v) is 5.64. The first-order valence-electron chi connectivity index (χ1n) is 9.05. The van der Waals surface area contributed by atoms with E-state index in [0.29, 0.717) is 0 Å². The number of ether oxygens (including phenoxy) is 1. The number of aromatic nitrogens is 1.